The number of hydrogen-bond donors (Lipinski definition) is 1. The Kier molecular flexibility index (Phi) is 5.15. The van der Waals surface area contributed by atoms with Gasteiger partial charge < -0.3 is 10.2 Å². The van der Waals surface area contributed by atoms with E-state index in [2.05, 4.69) is 25.2 Å². The molecule has 8 nitrogen and oxygen atoms in total. The Hall–Kier alpha value is -2.77. The third-order valence-electron chi connectivity index (χ3n) is 4.33. The van der Waals surface area contributed by atoms with Crippen LogP contribution in [0.2, 0.25) is 0 Å². The van der Waals surface area contributed by atoms with Crippen molar-refractivity contribution >= 4 is 17.3 Å². The fourth-order valence-corrected chi connectivity index (χ4v) is 2.93. The highest BCUT2D eigenvalue weighted by atomic mass is 16.6. The normalized spacial score (nSPS) is 15.2. The Morgan fingerprint density at radius 1 is 1.21 bits per heavy atom. The second-order valence-corrected chi connectivity index (χ2v) is 5.87. The summed E-state index contributed by atoms with van der Waals surface area (Å²) in [5.74, 6) is 1.11. The molecular formula is C16H20N6O2. The van der Waals surface area contributed by atoms with Gasteiger partial charge in [0.15, 0.2) is 0 Å². The van der Waals surface area contributed by atoms with E-state index in [-0.39, 0.29) is 5.69 Å². The molecule has 1 saturated heterocycles. The van der Waals surface area contributed by atoms with Crippen molar-refractivity contribution in [1.29, 1.82) is 0 Å². The number of nitro groups is 1. The molecule has 0 amide bonds. The molecule has 126 valence electrons. The topological polar surface area (TPSA) is 97.1 Å². The molecule has 0 spiro atoms. The molecule has 1 fully saturated rings. The summed E-state index contributed by atoms with van der Waals surface area (Å²) < 4.78 is 0. The van der Waals surface area contributed by atoms with Crippen LogP contribution in [-0.4, -0.2) is 39.5 Å². The second-order valence-electron chi connectivity index (χ2n) is 5.87. The molecule has 1 aliphatic rings. The molecule has 0 unspecified atom stereocenters. The van der Waals surface area contributed by atoms with Gasteiger partial charge in [-0.15, -0.1) is 0 Å². The van der Waals surface area contributed by atoms with Crippen LogP contribution in [0.25, 0.3) is 0 Å². The van der Waals surface area contributed by atoms with Gasteiger partial charge in [0.25, 0.3) is 0 Å². The summed E-state index contributed by atoms with van der Waals surface area (Å²) in [7, 11) is 0. The molecule has 2 aromatic heterocycles. The van der Waals surface area contributed by atoms with Crippen LogP contribution in [0.15, 0.2) is 36.9 Å². The molecule has 0 aromatic carbocycles. The van der Waals surface area contributed by atoms with Crippen molar-refractivity contribution < 1.29 is 4.92 Å². The first-order chi connectivity index (χ1) is 11.7. The largest absolute Gasteiger partial charge is 0.371 e. The van der Waals surface area contributed by atoms with Crippen LogP contribution in [0.1, 0.15) is 19.3 Å². The Balaban J connectivity index is 1.40. The zero-order valence-electron chi connectivity index (χ0n) is 13.3. The van der Waals surface area contributed by atoms with Crippen molar-refractivity contribution in [2.24, 2.45) is 5.92 Å². The quantitative estimate of drug-likeness (QED) is 0.642. The highest BCUT2D eigenvalue weighted by Crippen LogP contribution is 2.24. The van der Waals surface area contributed by atoms with E-state index in [1.165, 1.54) is 18.1 Å². The summed E-state index contributed by atoms with van der Waals surface area (Å²) in [6.45, 7) is 2.89. The summed E-state index contributed by atoms with van der Waals surface area (Å²) in [6, 6.07) is 4.10. The fourth-order valence-electron chi connectivity index (χ4n) is 2.93. The highest BCUT2D eigenvalue weighted by molar-refractivity contribution is 5.44. The van der Waals surface area contributed by atoms with E-state index < -0.39 is 4.92 Å². The van der Waals surface area contributed by atoms with Crippen LogP contribution in [0.5, 0.6) is 0 Å². The lowest BCUT2D eigenvalue weighted by molar-refractivity contribution is -0.385. The van der Waals surface area contributed by atoms with E-state index in [1.54, 1.807) is 0 Å². The van der Waals surface area contributed by atoms with Gasteiger partial charge in [-0.25, -0.2) is 9.97 Å². The maximum atomic E-state index is 10.6. The molecule has 8 heteroatoms. The summed E-state index contributed by atoms with van der Waals surface area (Å²) in [4.78, 5) is 24.4. The van der Waals surface area contributed by atoms with E-state index in [1.807, 2.05) is 24.5 Å². The van der Waals surface area contributed by atoms with E-state index in [0.29, 0.717) is 11.9 Å². The minimum absolute atomic E-state index is 0.0935. The molecule has 3 rings (SSSR count). The molecular weight excluding hydrogens is 308 g/mol. The van der Waals surface area contributed by atoms with Gasteiger partial charge in [-0.2, -0.15) is 0 Å². The van der Waals surface area contributed by atoms with Crippen LogP contribution in [0, 0.1) is 16.0 Å². The van der Waals surface area contributed by atoms with Crippen molar-refractivity contribution in [2.45, 2.75) is 19.3 Å². The average Bonchev–Trinajstić information content (AvgIpc) is 2.63. The van der Waals surface area contributed by atoms with Crippen molar-refractivity contribution in [3.8, 4) is 0 Å². The van der Waals surface area contributed by atoms with Crippen molar-refractivity contribution in [3.63, 3.8) is 0 Å². The van der Waals surface area contributed by atoms with E-state index in [4.69, 9.17) is 0 Å². The molecule has 0 aliphatic carbocycles. The number of aromatic nitrogens is 3. The van der Waals surface area contributed by atoms with Crippen LogP contribution >= 0.6 is 0 Å². The monoisotopic (exact) mass is 328 g/mol. The van der Waals surface area contributed by atoms with Gasteiger partial charge in [0.05, 0.1) is 4.92 Å². The molecule has 24 heavy (non-hydrogen) atoms. The van der Waals surface area contributed by atoms with Crippen molar-refractivity contribution in [2.75, 3.05) is 29.9 Å². The molecule has 0 bridgehead atoms. The lowest BCUT2D eigenvalue weighted by atomic mass is 9.93. The zero-order valence-corrected chi connectivity index (χ0v) is 13.3. The number of pyridine rings is 1. The van der Waals surface area contributed by atoms with Gasteiger partial charge >= 0.3 is 5.69 Å². The smallest absolute Gasteiger partial charge is 0.305 e. The van der Waals surface area contributed by atoms with Crippen LogP contribution in [-0.2, 0) is 0 Å². The molecule has 0 radical (unpaired) electrons. The molecule has 3 heterocycles. The van der Waals surface area contributed by atoms with Crippen molar-refractivity contribution in [1.82, 2.24) is 15.0 Å². The predicted octanol–water partition coefficient (Wildman–Crippen LogP) is 2.50. The maximum Gasteiger partial charge on any atom is 0.305 e. The van der Waals surface area contributed by atoms with Crippen LogP contribution in [0.3, 0.4) is 0 Å². The number of anilines is 2. The third-order valence-corrected chi connectivity index (χ3v) is 4.33. The first-order valence-corrected chi connectivity index (χ1v) is 8.07. The zero-order chi connectivity index (χ0) is 16.8. The number of hydrogen-bond acceptors (Lipinski definition) is 7. The Morgan fingerprint density at radius 3 is 2.50 bits per heavy atom. The Morgan fingerprint density at radius 2 is 1.88 bits per heavy atom. The Labute approximate surface area is 140 Å². The van der Waals surface area contributed by atoms with E-state index in [9.17, 15) is 10.1 Å². The van der Waals surface area contributed by atoms with Gasteiger partial charge in [0, 0.05) is 37.7 Å². The third kappa shape index (κ3) is 4.15. The SMILES string of the molecule is O=[N+]([O-])c1cnc(NCCC2CCN(c3ccncc3)CC2)nc1. The molecule has 1 aliphatic heterocycles. The maximum absolute atomic E-state index is 10.6. The van der Waals surface area contributed by atoms with Gasteiger partial charge in [0.2, 0.25) is 5.95 Å². The van der Waals surface area contributed by atoms with Crippen molar-refractivity contribution in [3.05, 3.63) is 47.0 Å². The molecule has 0 atom stereocenters. The minimum atomic E-state index is -0.500. The summed E-state index contributed by atoms with van der Waals surface area (Å²) >= 11 is 0. The minimum Gasteiger partial charge on any atom is -0.371 e. The van der Waals surface area contributed by atoms with Crippen LogP contribution in [0.4, 0.5) is 17.3 Å². The predicted molar refractivity (Wildman–Crippen MR) is 91.0 cm³/mol. The molecule has 2 aromatic rings. The highest BCUT2D eigenvalue weighted by Gasteiger charge is 2.19. The van der Waals surface area contributed by atoms with Gasteiger partial charge in [-0.3, -0.25) is 15.1 Å². The lowest BCUT2D eigenvalue weighted by Gasteiger charge is -2.33. The lowest BCUT2D eigenvalue weighted by Crippen LogP contribution is -2.34. The van der Waals surface area contributed by atoms with E-state index in [0.717, 1.165) is 38.9 Å². The number of rotatable bonds is 6. The summed E-state index contributed by atoms with van der Waals surface area (Å²) in [5, 5.41) is 13.7. The first-order valence-electron chi connectivity index (χ1n) is 8.07. The number of nitrogens with one attached hydrogen (secondary N) is 1. The molecule has 1 N–H and O–H groups in total. The average molecular weight is 328 g/mol. The standard InChI is InChI=1S/C16H20N6O2/c23-22(24)15-11-19-16(20-12-15)18-8-1-13-4-9-21(10-5-13)14-2-6-17-7-3-14/h2-3,6-7,11-13H,1,4-5,8-10H2,(H,18,19,20). The molecule has 0 saturated carbocycles. The second kappa shape index (κ2) is 7.67. The summed E-state index contributed by atoms with van der Waals surface area (Å²) in [6.07, 6.45) is 9.47. The van der Waals surface area contributed by atoms with Gasteiger partial charge in [-0.05, 0) is 37.3 Å². The first kappa shape index (κ1) is 16.1. The van der Waals surface area contributed by atoms with Gasteiger partial charge in [0.1, 0.15) is 12.4 Å². The summed E-state index contributed by atoms with van der Waals surface area (Å²) in [5.41, 5.74) is 1.14. The van der Waals surface area contributed by atoms with Crippen LogP contribution < -0.4 is 10.2 Å². The number of nitrogens with zero attached hydrogens (tertiary/aromatic N) is 5. The Bertz CT molecular complexity index is 656. The van der Waals surface area contributed by atoms with E-state index >= 15 is 0 Å². The number of piperidine rings is 1. The van der Waals surface area contributed by atoms with Gasteiger partial charge in [-0.1, -0.05) is 0 Å². The fraction of sp³-hybridized carbons (Fsp3) is 0.438.